The van der Waals surface area contributed by atoms with Crippen LogP contribution in [0.4, 0.5) is 13.2 Å². The van der Waals surface area contributed by atoms with Gasteiger partial charge in [0.25, 0.3) is 0 Å². The molecular weight excluding hydrogens is 351 g/mol. The van der Waals surface area contributed by atoms with E-state index in [1.54, 1.807) is 30.3 Å². The van der Waals surface area contributed by atoms with Gasteiger partial charge in [-0.25, -0.2) is 0 Å². The Bertz CT molecular complexity index is 694. The molecule has 0 fully saturated rings. The molecule has 2 aromatic rings. The molecule has 0 heterocycles. The molecule has 5 heteroatoms. The molecule has 0 aliphatic heterocycles. The van der Waals surface area contributed by atoms with Crippen molar-refractivity contribution in [2.24, 2.45) is 5.73 Å². The van der Waals surface area contributed by atoms with Crippen LogP contribution in [0, 0.1) is 0 Å². The van der Waals surface area contributed by atoms with Crippen molar-refractivity contribution < 1.29 is 17.9 Å². The maximum Gasteiger partial charge on any atom is 0.407 e. The van der Waals surface area contributed by atoms with Crippen LogP contribution in [-0.2, 0) is 0 Å². The minimum absolute atomic E-state index is 0.0616. The lowest BCUT2D eigenvalue weighted by Crippen LogP contribution is -2.28. The van der Waals surface area contributed by atoms with Gasteiger partial charge in [0.2, 0.25) is 0 Å². The molecule has 27 heavy (non-hydrogen) atoms. The normalized spacial score (nSPS) is 13.1. The van der Waals surface area contributed by atoms with Gasteiger partial charge < -0.3 is 10.5 Å². The van der Waals surface area contributed by atoms with E-state index in [1.165, 1.54) is 44.6 Å². The monoisotopic (exact) mass is 381 g/mol. The molecule has 1 atom stereocenters. The number of unbranched alkanes of at least 4 members (excludes halogenated alkanes) is 7. The Labute approximate surface area is 159 Å². The van der Waals surface area contributed by atoms with Crippen molar-refractivity contribution >= 4 is 10.8 Å². The van der Waals surface area contributed by atoms with Crippen LogP contribution in [0.3, 0.4) is 0 Å². The summed E-state index contributed by atoms with van der Waals surface area (Å²) in [5.74, 6) is 0.478. The van der Waals surface area contributed by atoms with Crippen molar-refractivity contribution in [2.75, 3.05) is 6.61 Å². The van der Waals surface area contributed by atoms with Crippen LogP contribution in [0.15, 0.2) is 36.4 Å². The molecule has 2 aromatic carbocycles. The lowest BCUT2D eigenvalue weighted by Gasteiger charge is -2.19. The first-order valence-corrected chi connectivity index (χ1v) is 9.92. The fraction of sp³-hybridized carbons (Fsp3) is 0.545. The highest BCUT2D eigenvalue weighted by molar-refractivity contribution is 5.91. The predicted molar refractivity (Wildman–Crippen MR) is 105 cm³/mol. The zero-order valence-electron chi connectivity index (χ0n) is 16.0. The minimum Gasteiger partial charge on any atom is -0.493 e. The van der Waals surface area contributed by atoms with Crippen LogP contribution in [0.2, 0.25) is 0 Å². The summed E-state index contributed by atoms with van der Waals surface area (Å²) in [6.07, 6.45) is 5.02. The highest BCUT2D eigenvalue weighted by Gasteiger charge is 2.39. The number of hydrogen-bond donors (Lipinski definition) is 1. The van der Waals surface area contributed by atoms with Gasteiger partial charge in [-0.3, -0.25) is 0 Å². The van der Waals surface area contributed by atoms with E-state index in [1.807, 2.05) is 0 Å². The fourth-order valence-electron chi connectivity index (χ4n) is 3.31. The Morgan fingerprint density at radius 3 is 2.11 bits per heavy atom. The van der Waals surface area contributed by atoms with Crippen LogP contribution < -0.4 is 10.5 Å². The summed E-state index contributed by atoms with van der Waals surface area (Å²) in [6.45, 7) is 2.71. The number of fused-ring (bicyclic) bond motifs is 1. The van der Waals surface area contributed by atoms with Crippen molar-refractivity contribution in [1.82, 2.24) is 0 Å². The second kappa shape index (κ2) is 10.5. The average molecular weight is 381 g/mol. The predicted octanol–water partition coefficient (Wildman–Crippen LogP) is 6.92. The number of halogens is 3. The van der Waals surface area contributed by atoms with Crippen molar-refractivity contribution in [3.63, 3.8) is 0 Å². The van der Waals surface area contributed by atoms with E-state index in [9.17, 15) is 13.2 Å². The fourth-order valence-corrected chi connectivity index (χ4v) is 3.31. The third-order valence-corrected chi connectivity index (χ3v) is 4.84. The van der Waals surface area contributed by atoms with E-state index in [-0.39, 0.29) is 5.56 Å². The first-order valence-electron chi connectivity index (χ1n) is 9.92. The van der Waals surface area contributed by atoms with Crippen molar-refractivity contribution in [1.29, 1.82) is 0 Å². The Hall–Kier alpha value is -1.75. The van der Waals surface area contributed by atoms with Gasteiger partial charge >= 0.3 is 6.18 Å². The van der Waals surface area contributed by atoms with Crippen molar-refractivity contribution in [3.05, 3.63) is 42.0 Å². The van der Waals surface area contributed by atoms with Gasteiger partial charge in [-0.2, -0.15) is 13.2 Å². The van der Waals surface area contributed by atoms with E-state index in [0.717, 1.165) is 12.8 Å². The van der Waals surface area contributed by atoms with Crippen molar-refractivity contribution in [3.8, 4) is 5.75 Å². The number of nitrogens with two attached hydrogens (primary N) is 1. The SMILES string of the molecule is CCCCCCCCCCOc1cccc2cccc([C@H](N)C(F)(F)F)c12. The van der Waals surface area contributed by atoms with Gasteiger partial charge in [-0.1, -0.05) is 82.2 Å². The first-order chi connectivity index (χ1) is 12.9. The topological polar surface area (TPSA) is 35.2 Å². The molecule has 0 saturated carbocycles. The summed E-state index contributed by atoms with van der Waals surface area (Å²) in [4.78, 5) is 0. The van der Waals surface area contributed by atoms with E-state index in [4.69, 9.17) is 10.5 Å². The number of ether oxygens (including phenoxy) is 1. The van der Waals surface area contributed by atoms with Gasteiger partial charge in [-0.15, -0.1) is 0 Å². The quantitative estimate of drug-likeness (QED) is 0.429. The molecule has 0 spiro atoms. The molecule has 2 nitrogen and oxygen atoms in total. The van der Waals surface area contributed by atoms with Gasteiger partial charge in [-0.05, 0) is 23.4 Å². The van der Waals surface area contributed by atoms with Crippen LogP contribution >= 0.6 is 0 Å². The van der Waals surface area contributed by atoms with Gasteiger partial charge in [0.1, 0.15) is 11.8 Å². The van der Waals surface area contributed by atoms with Gasteiger partial charge in [0.05, 0.1) is 6.61 Å². The summed E-state index contributed by atoms with van der Waals surface area (Å²) in [7, 11) is 0. The minimum atomic E-state index is -4.49. The van der Waals surface area contributed by atoms with Crippen LogP contribution in [-0.4, -0.2) is 12.8 Å². The second-order valence-electron chi connectivity index (χ2n) is 7.04. The molecule has 0 unspecified atom stereocenters. The molecule has 0 bridgehead atoms. The third-order valence-electron chi connectivity index (χ3n) is 4.84. The van der Waals surface area contributed by atoms with Crippen LogP contribution in [0.25, 0.3) is 10.8 Å². The number of hydrogen-bond acceptors (Lipinski definition) is 2. The lowest BCUT2D eigenvalue weighted by molar-refractivity contribution is -0.148. The highest BCUT2D eigenvalue weighted by atomic mass is 19.4. The molecule has 2 N–H and O–H groups in total. The van der Waals surface area contributed by atoms with E-state index in [0.29, 0.717) is 23.1 Å². The molecule has 0 aliphatic carbocycles. The molecule has 0 aliphatic rings. The molecule has 0 amide bonds. The summed E-state index contributed by atoms with van der Waals surface area (Å²) in [5.41, 5.74) is 5.53. The van der Waals surface area contributed by atoms with E-state index < -0.39 is 12.2 Å². The molecule has 150 valence electrons. The summed E-state index contributed by atoms with van der Waals surface area (Å²) in [6, 6.07) is 8.11. The van der Waals surface area contributed by atoms with Gasteiger partial charge in [0, 0.05) is 5.39 Å². The average Bonchev–Trinajstić information content (AvgIpc) is 2.65. The molecule has 2 rings (SSSR count). The Kier molecular flexibility index (Phi) is 8.42. The smallest absolute Gasteiger partial charge is 0.407 e. The Balaban J connectivity index is 1.96. The highest BCUT2D eigenvalue weighted by Crippen LogP contribution is 2.38. The summed E-state index contributed by atoms with van der Waals surface area (Å²) >= 11 is 0. The maximum absolute atomic E-state index is 13.1. The Morgan fingerprint density at radius 2 is 1.48 bits per heavy atom. The van der Waals surface area contributed by atoms with E-state index in [2.05, 4.69) is 6.92 Å². The number of rotatable bonds is 11. The standard InChI is InChI=1S/C22H30F3NO/c1-2-3-4-5-6-7-8-9-16-27-19-15-11-13-17-12-10-14-18(20(17)19)21(26)22(23,24)25/h10-15,21H,2-9,16,26H2,1H3/t21-/m0/s1. The summed E-state index contributed by atoms with van der Waals surface area (Å²) < 4.78 is 45.2. The maximum atomic E-state index is 13.1. The molecule has 0 aromatic heterocycles. The number of benzene rings is 2. The van der Waals surface area contributed by atoms with Crippen molar-refractivity contribution in [2.45, 2.75) is 70.5 Å². The largest absolute Gasteiger partial charge is 0.493 e. The first kappa shape index (κ1) is 21.5. The second-order valence-corrected chi connectivity index (χ2v) is 7.04. The molecule has 0 radical (unpaired) electrons. The number of alkyl halides is 3. The lowest BCUT2D eigenvalue weighted by atomic mass is 9.98. The van der Waals surface area contributed by atoms with Crippen LogP contribution in [0.1, 0.15) is 69.9 Å². The van der Waals surface area contributed by atoms with Gasteiger partial charge in [0.15, 0.2) is 0 Å². The van der Waals surface area contributed by atoms with Crippen LogP contribution in [0.5, 0.6) is 5.75 Å². The zero-order valence-corrected chi connectivity index (χ0v) is 16.0. The Morgan fingerprint density at radius 1 is 0.889 bits per heavy atom. The van der Waals surface area contributed by atoms with E-state index >= 15 is 0 Å². The third kappa shape index (κ3) is 6.42. The molecular formula is C22H30F3NO. The zero-order chi connectivity index (χ0) is 19.7. The molecule has 0 saturated heterocycles. The summed E-state index contributed by atoms with van der Waals surface area (Å²) in [5, 5.41) is 1.17.